The molecule has 0 aromatic heterocycles. The van der Waals surface area contributed by atoms with Gasteiger partial charge in [-0.25, -0.2) is 4.79 Å². The van der Waals surface area contributed by atoms with E-state index in [0.29, 0.717) is 0 Å². The molecule has 0 unspecified atom stereocenters. The fourth-order valence-electron chi connectivity index (χ4n) is 0.538. The second-order valence-electron chi connectivity index (χ2n) is 1.85. The van der Waals surface area contributed by atoms with Crippen molar-refractivity contribution in [2.75, 3.05) is 7.11 Å². The zero-order chi connectivity index (χ0) is 8.85. The summed E-state index contributed by atoms with van der Waals surface area (Å²) in [5.41, 5.74) is 0. The van der Waals surface area contributed by atoms with Gasteiger partial charge in [0.15, 0.2) is 5.78 Å². The van der Waals surface area contributed by atoms with Crippen LogP contribution in [-0.4, -0.2) is 24.9 Å². The van der Waals surface area contributed by atoms with Gasteiger partial charge in [-0.2, -0.15) is 0 Å². The molecule has 0 spiro atoms. The van der Waals surface area contributed by atoms with Crippen LogP contribution >= 0.6 is 0 Å². The predicted octanol–water partition coefficient (Wildman–Crippen LogP) is 0.273. The second kappa shape index (κ2) is 4.54. The van der Waals surface area contributed by atoms with Crippen molar-refractivity contribution < 1.29 is 14.3 Å². The highest BCUT2D eigenvalue weighted by atomic mass is 16.5. The van der Waals surface area contributed by atoms with Crippen LogP contribution in [-0.2, 0) is 14.3 Å². The molecular formula is C6H9NO4. The van der Waals surface area contributed by atoms with Gasteiger partial charge in [0.05, 0.1) is 7.11 Å². The Morgan fingerprint density at radius 1 is 1.55 bits per heavy atom. The number of Topliss-reactive ketones (excluding diaryl/α,β-unsaturated/α-hetero) is 1. The van der Waals surface area contributed by atoms with Crippen molar-refractivity contribution in [3.05, 3.63) is 4.91 Å². The summed E-state index contributed by atoms with van der Waals surface area (Å²) < 4.78 is 4.17. The van der Waals surface area contributed by atoms with E-state index in [1.165, 1.54) is 0 Å². The van der Waals surface area contributed by atoms with E-state index in [-0.39, 0.29) is 6.42 Å². The third-order valence-corrected chi connectivity index (χ3v) is 1.18. The maximum Gasteiger partial charge on any atom is 0.342 e. The molecular weight excluding hydrogens is 150 g/mol. The SMILES string of the molecule is CCC(=O)[C@H](N=O)C(=O)OC. The van der Waals surface area contributed by atoms with Crippen LogP contribution < -0.4 is 0 Å². The second-order valence-corrected chi connectivity index (χ2v) is 1.85. The largest absolute Gasteiger partial charge is 0.467 e. The summed E-state index contributed by atoms with van der Waals surface area (Å²) in [6.45, 7) is 1.55. The topological polar surface area (TPSA) is 72.8 Å². The fourth-order valence-corrected chi connectivity index (χ4v) is 0.538. The lowest BCUT2D eigenvalue weighted by molar-refractivity contribution is -0.145. The Morgan fingerprint density at radius 2 is 2.09 bits per heavy atom. The van der Waals surface area contributed by atoms with Crippen LogP contribution in [0.4, 0.5) is 0 Å². The lowest BCUT2D eigenvalue weighted by Crippen LogP contribution is -2.28. The molecule has 0 saturated carbocycles. The number of hydrogen-bond acceptors (Lipinski definition) is 5. The first-order valence-electron chi connectivity index (χ1n) is 3.10. The molecule has 0 fully saturated rings. The van der Waals surface area contributed by atoms with E-state index >= 15 is 0 Å². The predicted molar refractivity (Wildman–Crippen MR) is 36.9 cm³/mol. The third kappa shape index (κ3) is 2.45. The van der Waals surface area contributed by atoms with Gasteiger partial charge < -0.3 is 4.74 Å². The minimum atomic E-state index is -1.48. The Kier molecular flexibility index (Phi) is 4.02. The van der Waals surface area contributed by atoms with Crippen LogP contribution in [0.25, 0.3) is 0 Å². The molecule has 0 heterocycles. The molecule has 5 heteroatoms. The average Bonchev–Trinajstić information content (AvgIpc) is 2.05. The first-order valence-corrected chi connectivity index (χ1v) is 3.10. The van der Waals surface area contributed by atoms with Gasteiger partial charge in [0.1, 0.15) is 0 Å². The highest BCUT2D eigenvalue weighted by Crippen LogP contribution is 1.98. The molecule has 0 radical (unpaired) electrons. The zero-order valence-electron chi connectivity index (χ0n) is 6.36. The number of carbonyl (C=O) groups is 2. The maximum atomic E-state index is 10.7. The number of nitrogens with zero attached hydrogens (tertiary/aromatic N) is 1. The zero-order valence-corrected chi connectivity index (χ0v) is 6.36. The van der Waals surface area contributed by atoms with Crippen molar-refractivity contribution in [1.82, 2.24) is 0 Å². The van der Waals surface area contributed by atoms with Gasteiger partial charge >= 0.3 is 5.97 Å². The Balaban J connectivity index is 4.27. The number of hydrogen-bond donors (Lipinski definition) is 0. The summed E-state index contributed by atoms with van der Waals surface area (Å²) in [6, 6.07) is -1.48. The monoisotopic (exact) mass is 159 g/mol. The number of ketones is 1. The molecule has 0 aliphatic heterocycles. The lowest BCUT2D eigenvalue weighted by Gasteiger charge is -2.02. The molecule has 1 atom stereocenters. The number of nitroso groups, excluding NO2 is 1. The van der Waals surface area contributed by atoms with Crippen molar-refractivity contribution in [3.8, 4) is 0 Å². The first kappa shape index (κ1) is 9.74. The summed E-state index contributed by atoms with van der Waals surface area (Å²) in [7, 11) is 1.10. The highest BCUT2D eigenvalue weighted by Gasteiger charge is 2.26. The lowest BCUT2D eigenvalue weighted by atomic mass is 10.1. The van der Waals surface area contributed by atoms with Gasteiger partial charge in [-0.05, 0) is 5.18 Å². The molecule has 0 rings (SSSR count). The van der Waals surface area contributed by atoms with Gasteiger partial charge in [0, 0.05) is 6.42 Å². The van der Waals surface area contributed by atoms with Crippen LogP contribution in [0.15, 0.2) is 5.18 Å². The van der Waals surface area contributed by atoms with E-state index in [1.54, 1.807) is 6.92 Å². The Hall–Kier alpha value is -1.26. The van der Waals surface area contributed by atoms with E-state index in [9.17, 15) is 14.5 Å². The minimum absolute atomic E-state index is 0.103. The van der Waals surface area contributed by atoms with Crippen molar-refractivity contribution in [2.24, 2.45) is 5.18 Å². The molecule has 62 valence electrons. The van der Waals surface area contributed by atoms with E-state index < -0.39 is 17.8 Å². The Labute approximate surface area is 63.7 Å². The van der Waals surface area contributed by atoms with Gasteiger partial charge in [-0.1, -0.05) is 6.92 Å². The Morgan fingerprint density at radius 3 is 2.36 bits per heavy atom. The smallest absolute Gasteiger partial charge is 0.342 e. The summed E-state index contributed by atoms with van der Waals surface area (Å²) in [4.78, 5) is 31.3. The van der Waals surface area contributed by atoms with Crippen molar-refractivity contribution in [3.63, 3.8) is 0 Å². The molecule has 0 aromatic rings. The molecule has 5 nitrogen and oxygen atoms in total. The van der Waals surface area contributed by atoms with Crippen LogP contribution in [0.3, 0.4) is 0 Å². The summed E-state index contributed by atoms with van der Waals surface area (Å²) in [5.74, 6) is -1.42. The molecule has 0 N–H and O–H groups in total. The molecule has 0 aliphatic carbocycles. The van der Waals surface area contributed by atoms with E-state index in [1.807, 2.05) is 0 Å². The van der Waals surface area contributed by atoms with E-state index in [4.69, 9.17) is 0 Å². The van der Waals surface area contributed by atoms with Gasteiger partial charge in [0.2, 0.25) is 6.04 Å². The fraction of sp³-hybridized carbons (Fsp3) is 0.667. The average molecular weight is 159 g/mol. The highest BCUT2D eigenvalue weighted by molar-refractivity contribution is 6.03. The van der Waals surface area contributed by atoms with Crippen LogP contribution in [0.1, 0.15) is 13.3 Å². The normalized spacial score (nSPS) is 11.8. The maximum absolute atomic E-state index is 10.7. The molecule has 0 aromatic carbocycles. The number of carbonyl (C=O) groups excluding carboxylic acids is 2. The number of esters is 1. The quantitative estimate of drug-likeness (QED) is 0.335. The summed E-state index contributed by atoms with van der Waals surface area (Å²) >= 11 is 0. The van der Waals surface area contributed by atoms with Gasteiger partial charge in [0.25, 0.3) is 0 Å². The minimum Gasteiger partial charge on any atom is -0.467 e. The number of rotatable bonds is 4. The van der Waals surface area contributed by atoms with Crippen LogP contribution in [0.5, 0.6) is 0 Å². The van der Waals surface area contributed by atoms with Gasteiger partial charge in [-0.15, -0.1) is 4.91 Å². The van der Waals surface area contributed by atoms with Gasteiger partial charge in [-0.3, -0.25) is 4.79 Å². The molecule has 0 saturated heterocycles. The number of ether oxygens (including phenoxy) is 1. The Bertz CT molecular complexity index is 161. The third-order valence-electron chi connectivity index (χ3n) is 1.18. The van der Waals surface area contributed by atoms with Crippen molar-refractivity contribution in [1.29, 1.82) is 0 Å². The molecule has 0 aliphatic rings. The van der Waals surface area contributed by atoms with Crippen LogP contribution in [0.2, 0.25) is 0 Å². The molecule has 11 heavy (non-hydrogen) atoms. The first-order chi connectivity index (χ1) is 5.17. The van der Waals surface area contributed by atoms with E-state index in [2.05, 4.69) is 9.91 Å². The molecule has 0 bridgehead atoms. The van der Waals surface area contributed by atoms with Crippen molar-refractivity contribution >= 4 is 11.8 Å². The standard InChI is InChI=1S/C6H9NO4/c1-3-4(8)5(7-10)6(9)11-2/h5H,3H2,1-2H3/t5-/m0/s1. The number of methoxy groups -OCH3 is 1. The van der Waals surface area contributed by atoms with Crippen LogP contribution in [0, 0.1) is 4.91 Å². The summed E-state index contributed by atoms with van der Waals surface area (Å²) in [5, 5.41) is 2.36. The summed E-state index contributed by atoms with van der Waals surface area (Å²) in [6.07, 6.45) is 0.103. The van der Waals surface area contributed by atoms with Crippen molar-refractivity contribution in [2.45, 2.75) is 19.4 Å². The molecule has 0 amide bonds. The van der Waals surface area contributed by atoms with E-state index in [0.717, 1.165) is 7.11 Å².